The maximum Gasteiger partial charge on any atom is 0.117 e. The van der Waals surface area contributed by atoms with Crippen LogP contribution in [0.1, 0.15) is 35.7 Å². The lowest BCUT2D eigenvalue weighted by molar-refractivity contribution is 0.458. The van der Waals surface area contributed by atoms with Crippen molar-refractivity contribution in [1.29, 1.82) is 0 Å². The highest BCUT2D eigenvalue weighted by molar-refractivity contribution is 5.42. The quantitative estimate of drug-likeness (QED) is 0.883. The number of hydrogen-bond donors (Lipinski definition) is 2. The van der Waals surface area contributed by atoms with Crippen LogP contribution in [0.15, 0.2) is 24.3 Å². The van der Waals surface area contributed by atoms with Crippen molar-refractivity contribution < 1.29 is 5.11 Å². The molecule has 0 unspecified atom stereocenters. The van der Waals surface area contributed by atoms with Gasteiger partial charge >= 0.3 is 0 Å². The number of aromatic hydroxyl groups is 1. The molecule has 1 fully saturated rings. The van der Waals surface area contributed by atoms with Gasteiger partial charge in [0.1, 0.15) is 5.75 Å². The third-order valence-corrected chi connectivity index (χ3v) is 4.17. The first kappa shape index (κ1) is 13.2. The van der Waals surface area contributed by atoms with Crippen LogP contribution in [0.3, 0.4) is 0 Å². The lowest BCUT2D eigenvalue weighted by Crippen LogP contribution is -2.27. The van der Waals surface area contributed by atoms with E-state index < -0.39 is 0 Å². The molecule has 2 N–H and O–H groups in total. The largest absolute Gasteiger partial charge is 0.508 e. The first-order valence-electron chi connectivity index (χ1n) is 7.23. The molecule has 0 amide bonds. The molecular weight excluding hydrogens is 250 g/mol. The standard InChI is InChI=1S/C16H21N3O/c1-11-16(13-6-8-17-9-7-13)12(2)19(18-11)14-4-3-5-15(20)10-14/h3-5,10,13,17,20H,6-9H2,1-2H3. The SMILES string of the molecule is Cc1nn(-c2cccc(O)c2)c(C)c1C1CCNCC1. The van der Waals surface area contributed by atoms with Gasteiger partial charge in [0.25, 0.3) is 0 Å². The van der Waals surface area contributed by atoms with Crippen molar-refractivity contribution >= 4 is 0 Å². The lowest BCUT2D eigenvalue weighted by Gasteiger charge is -2.23. The molecule has 0 bridgehead atoms. The Labute approximate surface area is 119 Å². The van der Waals surface area contributed by atoms with Gasteiger partial charge in [0, 0.05) is 11.8 Å². The Morgan fingerprint density at radius 2 is 2.00 bits per heavy atom. The van der Waals surface area contributed by atoms with Gasteiger partial charge in [-0.2, -0.15) is 5.10 Å². The minimum absolute atomic E-state index is 0.276. The Balaban J connectivity index is 2.02. The van der Waals surface area contributed by atoms with Crippen LogP contribution in [0.2, 0.25) is 0 Å². The monoisotopic (exact) mass is 271 g/mol. The zero-order valence-electron chi connectivity index (χ0n) is 12.1. The van der Waals surface area contributed by atoms with Crippen LogP contribution < -0.4 is 5.32 Å². The fourth-order valence-electron chi connectivity index (χ4n) is 3.23. The molecule has 0 saturated carbocycles. The van der Waals surface area contributed by atoms with Gasteiger partial charge in [-0.1, -0.05) is 6.07 Å². The molecule has 1 saturated heterocycles. The number of phenolic OH excluding ortho intramolecular Hbond substituents is 1. The van der Waals surface area contributed by atoms with Gasteiger partial charge in [-0.05, 0) is 63.4 Å². The number of benzene rings is 1. The summed E-state index contributed by atoms with van der Waals surface area (Å²) in [4.78, 5) is 0. The van der Waals surface area contributed by atoms with Crippen molar-refractivity contribution in [2.24, 2.45) is 0 Å². The van der Waals surface area contributed by atoms with E-state index in [0.717, 1.165) is 24.5 Å². The highest BCUT2D eigenvalue weighted by Crippen LogP contribution is 2.31. The van der Waals surface area contributed by atoms with Crippen molar-refractivity contribution in [3.63, 3.8) is 0 Å². The highest BCUT2D eigenvalue weighted by atomic mass is 16.3. The zero-order chi connectivity index (χ0) is 14.1. The Bertz CT molecular complexity index is 612. The molecule has 1 aromatic heterocycles. The van der Waals surface area contributed by atoms with Gasteiger partial charge in [-0.3, -0.25) is 0 Å². The van der Waals surface area contributed by atoms with E-state index in [1.165, 1.54) is 24.1 Å². The van der Waals surface area contributed by atoms with Gasteiger partial charge < -0.3 is 10.4 Å². The number of aryl methyl sites for hydroxylation is 1. The van der Waals surface area contributed by atoms with Crippen molar-refractivity contribution in [2.75, 3.05) is 13.1 Å². The van der Waals surface area contributed by atoms with Crippen molar-refractivity contribution in [1.82, 2.24) is 15.1 Å². The summed E-state index contributed by atoms with van der Waals surface area (Å²) in [7, 11) is 0. The molecule has 4 heteroatoms. The molecular formula is C16H21N3O. The topological polar surface area (TPSA) is 50.1 Å². The number of piperidine rings is 1. The fourth-order valence-corrected chi connectivity index (χ4v) is 3.23. The van der Waals surface area contributed by atoms with E-state index in [-0.39, 0.29) is 5.75 Å². The first-order valence-corrected chi connectivity index (χ1v) is 7.23. The van der Waals surface area contributed by atoms with Gasteiger partial charge in [0.2, 0.25) is 0 Å². The average Bonchev–Trinajstić information content (AvgIpc) is 2.75. The van der Waals surface area contributed by atoms with Crippen molar-refractivity contribution in [3.05, 3.63) is 41.2 Å². The zero-order valence-corrected chi connectivity index (χ0v) is 12.1. The summed E-state index contributed by atoms with van der Waals surface area (Å²) in [5, 5.41) is 17.7. The maximum atomic E-state index is 9.64. The number of aromatic nitrogens is 2. The van der Waals surface area contributed by atoms with Crippen LogP contribution in [0.25, 0.3) is 5.69 Å². The Morgan fingerprint density at radius 1 is 1.25 bits per heavy atom. The summed E-state index contributed by atoms with van der Waals surface area (Å²) in [5.74, 6) is 0.876. The van der Waals surface area contributed by atoms with Gasteiger partial charge in [-0.15, -0.1) is 0 Å². The predicted octanol–water partition coefficient (Wildman–Crippen LogP) is 2.66. The van der Waals surface area contributed by atoms with E-state index in [9.17, 15) is 5.11 Å². The molecule has 20 heavy (non-hydrogen) atoms. The number of nitrogens with one attached hydrogen (secondary N) is 1. The molecule has 2 heterocycles. The minimum Gasteiger partial charge on any atom is -0.508 e. The summed E-state index contributed by atoms with van der Waals surface area (Å²) in [6.07, 6.45) is 2.35. The summed E-state index contributed by atoms with van der Waals surface area (Å²) in [5.41, 5.74) is 4.61. The molecule has 0 aliphatic carbocycles. The maximum absolute atomic E-state index is 9.64. The summed E-state index contributed by atoms with van der Waals surface area (Å²) >= 11 is 0. The van der Waals surface area contributed by atoms with Crippen LogP contribution in [0.5, 0.6) is 5.75 Å². The van der Waals surface area contributed by atoms with Crippen LogP contribution in [0, 0.1) is 13.8 Å². The smallest absolute Gasteiger partial charge is 0.117 e. The Morgan fingerprint density at radius 3 is 2.70 bits per heavy atom. The molecule has 2 aromatic rings. The lowest BCUT2D eigenvalue weighted by atomic mass is 9.89. The second-order valence-electron chi connectivity index (χ2n) is 5.54. The molecule has 3 rings (SSSR count). The fraction of sp³-hybridized carbons (Fsp3) is 0.438. The first-order chi connectivity index (χ1) is 9.66. The number of nitrogens with zero attached hydrogens (tertiary/aromatic N) is 2. The molecule has 1 aromatic carbocycles. The van der Waals surface area contributed by atoms with E-state index in [4.69, 9.17) is 0 Å². The van der Waals surface area contributed by atoms with E-state index in [2.05, 4.69) is 24.3 Å². The van der Waals surface area contributed by atoms with Crippen molar-refractivity contribution in [3.8, 4) is 11.4 Å². The van der Waals surface area contributed by atoms with E-state index in [1.807, 2.05) is 16.8 Å². The Hall–Kier alpha value is -1.81. The highest BCUT2D eigenvalue weighted by Gasteiger charge is 2.23. The molecule has 1 aliphatic heterocycles. The minimum atomic E-state index is 0.276. The van der Waals surface area contributed by atoms with E-state index in [0.29, 0.717) is 5.92 Å². The summed E-state index contributed by atoms with van der Waals surface area (Å²) in [6, 6.07) is 7.27. The third kappa shape index (κ3) is 2.31. The average molecular weight is 271 g/mol. The Kier molecular flexibility index (Phi) is 3.49. The summed E-state index contributed by atoms with van der Waals surface area (Å²) in [6.45, 7) is 6.38. The molecule has 106 valence electrons. The van der Waals surface area contributed by atoms with Crippen LogP contribution in [-0.4, -0.2) is 28.0 Å². The summed E-state index contributed by atoms with van der Waals surface area (Å²) < 4.78 is 1.95. The molecule has 0 atom stereocenters. The predicted molar refractivity (Wildman–Crippen MR) is 79.5 cm³/mol. The molecule has 0 spiro atoms. The van der Waals surface area contributed by atoms with Crippen molar-refractivity contribution in [2.45, 2.75) is 32.6 Å². The number of hydrogen-bond acceptors (Lipinski definition) is 3. The molecule has 4 nitrogen and oxygen atoms in total. The second-order valence-corrected chi connectivity index (χ2v) is 5.54. The number of phenols is 1. The molecule has 1 aliphatic rings. The van der Waals surface area contributed by atoms with Gasteiger partial charge in [-0.25, -0.2) is 4.68 Å². The van der Waals surface area contributed by atoms with Gasteiger partial charge in [0.15, 0.2) is 0 Å². The van der Waals surface area contributed by atoms with Crippen LogP contribution in [0.4, 0.5) is 0 Å². The van der Waals surface area contributed by atoms with Crippen LogP contribution >= 0.6 is 0 Å². The van der Waals surface area contributed by atoms with E-state index in [1.54, 1.807) is 12.1 Å². The normalized spacial score (nSPS) is 16.5. The van der Waals surface area contributed by atoms with E-state index >= 15 is 0 Å². The molecule has 0 radical (unpaired) electrons. The van der Waals surface area contributed by atoms with Crippen LogP contribution in [-0.2, 0) is 0 Å². The van der Waals surface area contributed by atoms with Gasteiger partial charge in [0.05, 0.1) is 11.4 Å². The number of rotatable bonds is 2. The second kappa shape index (κ2) is 5.29. The third-order valence-electron chi connectivity index (χ3n) is 4.17.